The first-order valence-corrected chi connectivity index (χ1v) is 11.4. The molecule has 2 unspecified atom stereocenters. The molecule has 0 amide bonds. The lowest BCUT2D eigenvalue weighted by atomic mass is 9.80. The van der Waals surface area contributed by atoms with Crippen molar-refractivity contribution >= 4 is 27.9 Å². The Kier molecular flexibility index (Phi) is 4.60. The van der Waals surface area contributed by atoms with Crippen molar-refractivity contribution in [2.45, 2.75) is 32.7 Å². The number of hydrogen-bond acceptors (Lipinski definition) is 6. The van der Waals surface area contributed by atoms with Gasteiger partial charge in [-0.3, -0.25) is 4.68 Å². The summed E-state index contributed by atoms with van der Waals surface area (Å²) >= 11 is 0. The van der Waals surface area contributed by atoms with Crippen LogP contribution in [0, 0.1) is 5.41 Å². The minimum Gasteiger partial charge on any atom is -0.346 e. The molecule has 2 atom stereocenters. The Hall–Kier alpha value is -3.81. The van der Waals surface area contributed by atoms with Gasteiger partial charge in [0.25, 0.3) is 0 Å². The van der Waals surface area contributed by atoms with Gasteiger partial charge in [0.1, 0.15) is 12.0 Å². The average Bonchev–Trinajstić information content (AvgIpc) is 3.59. The van der Waals surface area contributed by atoms with E-state index in [1.807, 2.05) is 42.9 Å². The van der Waals surface area contributed by atoms with Crippen molar-refractivity contribution in [2.75, 3.05) is 18.0 Å². The molecule has 8 heteroatoms. The van der Waals surface area contributed by atoms with Gasteiger partial charge in [-0.2, -0.15) is 5.10 Å². The first-order valence-electron chi connectivity index (χ1n) is 11.4. The summed E-state index contributed by atoms with van der Waals surface area (Å²) in [5.41, 5.74) is 3.80. The summed E-state index contributed by atoms with van der Waals surface area (Å²) < 4.78 is 2.13. The fraction of sp³-hybridized carbons (Fsp3) is 0.320. The maximum absolute atomic E-state index is 4.82. The number of anilines is 1. The van der Waals surface area contributed by atoms with Crippen LogP contribution in [-0.4, -0.2) is 47.8 Å². The third-order valence-corrected chi connectivity index (χ3v) is 7.00. The molecule has 5 heterocycles. The van der Waals surface area contributed by atoms with Crippen molar-refractivity contribution in [1.29, 1.82) is 0 Å². The topological polar surface area (TPSA) is 88.4 Å². The van der Waals surface area contributed by atoms with Crippen LogP contribution in [-0.2, 0) is 0 Å². The highest BCUT2D eigenvalue weighted by Gasteiger charge is 2.42. The van der Waals surface area contributed by atoms with Crippen molar-refractivity contribution in [3.63, 3.8) is 0 Å². The van der Waals surface area contributed by atoms with Crippen molar-refractivity contribution in [2.24, 2.45) is 5.41 Å². The zero-order chi connectivity index (χ0) is 22.4. The first-order chi connectivity index (χ1) is 16.1. The van der Waals surface area contributed by atoms with Crippen LogP contribution in [0.15, 0.2) is 61.4 Å². The SMILES string of the molecule is CCC(n1cc(-c2ncnc3[nH]ccc23)cn1)C1(C)CCN(c2ncc3ccccc3n2)C1. The fourth-order valence-electron chi connectivity index (χ4n) is 5.27. The van der Waals surface area contributed by atoms with Gasteiger partial charge < -0.3 is 9.88 Å². The predicted molar refractivity (Wildman–Crippen MR) is 129 cm³/mol. The number of nitrogens with one attached hydrogen (secondary N) is 1. The van der Waals surface area contributed by atoms with Crippen LogP contribution in [0.25, 0.3) is 33.2 Å². The van der Waals surface area contributed by atoms with Gasteiger partial charge in [0.15, 0.2) is 0 Å². The largest absolute Gasteiger partial charge is 0.346 e. The van der Waals surface area contributed by atoms with E-state index in [9.17, 15) is 0 Å². The van der Waals surface area contributed by atoms with E-state index in [2.05, 4.69) is 55.6 Å². The molecule has 33 heavy (non-hydrogen) atoms. The van der Waals surface area contributed by atoms with Crippen molar-refractivity contribution in [3.8, 4) is 11.3 Å². The highest BCUT2D eigenvalue weighted by Crippen LogP contribution is 2.43. The van der Waals surface area contributed by atoms with Gasteiger partial charge in [-0.15, -0.1) is 0 Å². The van der Waals surface area contributed by atoms with Gasteiger partial charge >= 0.3 is 0 Å². The molecule has 1 aliphatic rings. The molecule has 4 aromatic heterocycles. The summed E-state index contributed by atoms with van der Waals surface area (Å²) in [6.45, 7) is 6.43. The lowest BCUT2D eigenvalue weighted by Gasteiger charge is -2.33. The second-order valence-corrected chi connectivity index (χ2v) is 9.15. The number of nitrogens with zero attached hydrogens (tertiary/aromatic N) is 7. The van der Waals surface area contributed by atoms with E-state index < -0.39 is 0 Å². The molecule has 0 saturated carbocycles. The number of para-hydroxylation sites is 1. The summed E-state index contributed by atoms with van der Waals surface area (Å²) in [6.07, 6.45) is 11.5. The number of benzene rings is 1. The Balaban J connectivity index is 1.28. The minimum atomic E-state index is 0.0577. The van der Waals surface area contributed by atoms with Crippen LogP contribution in [0.2, 0.25) is 0 Å². The summed E-state index contributed by atoms with van der Waals surface area (Å²) in [5, 5.41) is 6.86. The number of aromatic nitrogens is 7. The fourth-order valence-corrected chi connectivity index (χ4v) is 5.27. The first kappa shape index (κ1) is 19.8. The Morgan fingerprint density at radius 2 is 2.03 bits per heavy atom. The van der Waals surface area contributed by atoms with E-state index in [1.54, 1.807) is 6.33 Å². The number of hydrogen-bond donors (Lipinski definition) is 1. The normalized spacial score (nSPS) is 19.5. The van der Waals surface area contributed by atoms with Gasteiger partial charge in [0.2, 0.25) is 5.95 Å². The highest BCUT2D eigenvalue weighted by molar-refractivity contribution is 5.90. The molecule has 0 aliphatic carbocycles. The zero-order valence-electron chi connectivity index (χ0n) is 18.8. The lowest BCUT2D eigenvalue weighted by Crippen LogP contribution is -2.34. The molecule has 0 bridgehead atoms. The molecule has 6 rings (SSSR count). The Morgan fingerprint density at radius 1 is 1.12 bits per heavy atom. The molecule has 1 aromatic carbocycles. The van der Waals surface area contributed by atoms with Crippen molar-refractivity contribution < 1.29 is 0 Å². The number of aromatic amines is 1. The van der Waals surface area contributed by atoms with Crippen LogP contribution in [0.5, 0.6) is 0 Å². The summed E-state index contributed by atoms with van der Waals surface area (Å²) in [7, 11) is 0. The predicted octanol–water partition coefficient (Wildman–Crippen LogP) is 4.63. The van der Waals surface area contributed by atoms with Crippen LogP contribution < -0.4 is 4.90 Å². The van der Waals surface area contributed by atoms with Crippen LogP contribution in [0.1, 0.15) is 32.7 Å². The summed E-state index contributed by atoms with van der Waals surface area (Å²) in [6, 6.07) is 10.4. The molecule has 0 spiro atoms. The minimum absolute atomic E-state index is 0.0577. The molecule has 1 N–H and O–H groups in total. The van der Waals surface area contributed by atoms with Gasteiger partial charge in [-0.25, -0.2) is 19.9 Å². The van der Waals surface area contributed by atoms with E-state index in [-0.39, 0.29) is 11.5 Å². The molecule has 0 radical (unpaired) electrons. The van der Waals surface area contributed by atoms with Gasteiger partial charge in [-0.1, -0.05) is 32.0 Å². The summed E-state index contributed by atoms with van der Waals surface area (Å²) in [4.78, 5) is 23.8. The molecule has 166 valence electrons. The number of rotatable bonds is 5. The lowest BCUT2D eigenvalue weighted by molar-refractivity contribution is 0.196. The van der Waals surface area contributed by atoms with Gasteiger partial charge in [-0.05, 0) is 25.0 Å². The van der Waals surface area contributed by atoms with E-state index in [0.717, 1.165) is 65.1 Å². The third kappa shape index (κ3) is 3.33. The maximum Gasteiger partial charge on any atom is 0.225 e. The molecule has 1 fully saturated rings. The van der Waals surface area contributed by atoms with Crippen LogP contribution >= 0.6 is 0 Å². The summed E-state index contributed by atoms with van der Waals surface area (Å²) in [5.74, 6) is 0.810. The smallest absolute Gasteiger partial charge is 0.225 e. The Morgan fingerprint density at radius 3 is 2.94 bits per heavy atom. The van der Waals surface area contributed by atoms with Crippen LogP contribution in [0.3, 0.4) is 0 Å². The van der Waals surface area contributed by atoms with Gasteiger partial charge in [0.05, 0.1) is 23.4 Å². The average molecular weight is 439 g/mol. The molecular formula is C25H26N8. The van der Waals surface area contributed by atoms with Crippen molar-refractivity contribution in [1.82, 2.24) is 34.7 Å². The van der Waals surface area contributed by atoms with Crippen LogP contribution in [0.4, 0.5) is 5.95 Å². The second kappa shape index (κ2) is 7.65. The number of H-pyrrole nitrogens is 1. The molecule has 8 nitrogen and oxygen atoms in total. The zero-order valence-corrected chi connectivity index (χ0v) is 18.8. The quantitative estimate of drug-likeness (QED) is 0.430. The molecule has 1 aliphatic heterocycles. The van der Waals surface area contributed by atoms with E-state index in [4.69, 9.17) is 10.1 Å². The third-order valence-electron chi connectivity index (χ3n) is 7.00. The Labute approximate surface area is 191 Å². The van der Waals surface area contributed by atoms with E-state index in [1.165, 1.54) is 0 Å². The number of fused-ring (bicyclic) bond motifs is 2. The monoisotopic (exact) mass is 438 g/mol. The van der Waals surface area contributed by atoms with Crippen molar-refractivity contribution in [3.05, 3.63) is 61.4 Å². The molecule has 1 saturated heterocycles. The van der Waals surface area contributed by atoms with E-state index in [0.29, 0.717) is 0 Å². The standard InChI is InChI=1S/C25H26N8/c1-3-21(33-14-18(13-30-33)22-19-8-10-26-23(19)29-16-28-22)25(2)9-11-32(15-25)24-27-12-17-6-4-5-7-20(17)31-24/h4-8,10,12-14,16,21H,3,9,11,15H2,1-2H3,(H,26,28,29). The maximum atomic E-state index is 4.82. The molecule has 5 aromatic rings. The Bertz CT molecular complexity index is 1440. The highest BCUT2D eigenvalue weighted by atomic mass is 15.3. The molecular weight excluding hydrogens is 412 g/mol. The van der Waals surface area contributed by atoms with E-state index >= 15 is 0 Å². The second-order valence-electron chi connectivity index (χ2n) is 9.15. The van der Waals surface area contributed by atoms with Gasteiger partial charge in [0, 0.05) is 53.4 Å².